The van der Waals surface area contributed by atoms with Crippen molar-refractivity contribution in [3.05, 3.63) is 65.5 Å². The fourth-order valence-electron chi connectivity index (χ4n) is 3.24. The van der Waals surface area contributed by atoms with Crippen molar-refractivity contribution in [1.82, 2.24) is 20.3 Å². The van der Waals surface area contributed by atoms with E-state index in [9.17, 15) is 8.78 Å². The molecule has 2 aromatic carbocycles. The number of rotatable bonds is 7. The van der Waals surface area contributed by atoms with E-state index in [2.05, 4.69) is 15.6 Å². The van der Waals surface area contributed by atoms with Crippen LogP contribution in [0.1, 0.15) is 23.6 Å². The third-order valence-electron chi connectivity index (χ3n) is 4.88. The van der Waals surface area contributed by atoms with Crippen LogP contribution in [0.2, 0.25) is 0 Å². The number of ether oxygens (including phenoxy) is 2. The van der Waals surface area contributed by atoms with E-state index in [1.165, 1.54) is 12.1 Å². The summed E-state index contributed by atoms with van der Waals surface area (Å²) in [6.45, 7) is 0.525. The molecule has 1 heterocycles. The van der Waals surface area contributed by atoms with E-state index >= 15 is 0 Å². The van der Waals surface area contributed by atoms with Gasteiger partial charge in [0.05, 0.1) is 26.1 Å². The number of hydrogen-bond acceptors (Lipinski definition) is 5. The predicted molar refractivity (Wildman–Crippen MR) is 98.8 cm³/mol. The van der Waals surface area contributed by atoms with E-state index in [1.807, 2.05) is 24.4 Å². The highest BCUT2D eigenvalue weighted by Crippen LogP contribution is 2.41. The molecule has 6 nitrogen and oxygen atoms in total. The first kappa shape index (κ1) is 18.4. The van der Waals surface area contributed by atoms with Gasteiger partial charge in [0.2, 0.25) is 0 Å². The minimum absolute atomic E-state index is 0.184. The Bertz CT molecular complexity index is 992. The molecule has 1 aliphatic carbocycles. The Hall–Kier alpha value is -3.00. The third-order valence-corrected chi connectivity index (χ3v) is 4.88. The van der Waals surface area contributed by atoms with Gasteiger partial charge in [0.15, 0.2) is 11.6 Å². The van der Waals surface area contributed by atoms with Gasteiger partial charge < -0.3 is 14.8 Å². The lowest BCUT2D eigenvalue weighted by atomic mass is 10.1. The van der Waals surface area contributed by atoms with E-state index in [0.29, 0.717) is 18.0 Å². The summed E-state index contributed by atoms with van der Waals surface area (Å²) in [5.41, 5.74) is 2.30. The third kappa shape index (κ3) is 3.68. The summed E-state index contributed by atoms with van der Waals surface area (Å²) >= 11 is 0. The summed E-state index contributed by atoms with van der Waals surface area (Å²) in [4.78, 5) is 0. The molecule has 0 aliphatic heterocycles. The van der Waals surface area contributed by atoms with Crippen molar-refractivity contribution >= 4 is 0 Å². The summed E-state index contributed by atoms with van der Waals surface area (Å²) in [7, 11) is 3.19. The second kappa shape index (κ2) is 7.55. The normalized spacial score (nSPS) is 18.1. The molecule has 1 fully saturated rings. The molecule has 1 aromatic heterocycles. The van der Waals surface area contributed by atoms with E-state index in [4.69, 9.17) is 9.47 Å². The van der Waals surface area contributed by atoms with Crippen molar-refractivity contribution in [3.63, 3.8) is 0 Å². The van der Waals surface area contributed by atoms with Crippen LogP contribution < -0.4 is 14.8 Å². The van der Waals surface area contributed by atoms with E-state index in [1.54, 1.807) is 25.0 Å². The van der Waals surface area contributed by atoms with Gasteiger partial charge in [-0.3, -0.25) is 0 Å². The molecule has 0 amide bonds. The smallest absolute Gasteiger partial charge is 0.159 e. The van der Waals surface area contributed by atoms with Gasteiger partial charge in [-0.05, 0) is 36.2 Å². The molecule has 4 rings (SSSR count). The number of hydrogen-bond donors (Lipinski definition) is 1. The Labute approximate surface area is 161 Å². The van der Waals surface area contributed by atoms with E-state index < -0.39 is 11.6 Å². The number of benzene rings is 2. The summed E-state index contributed by atoms with van der Waals surface area (Å²) in [5.74, 6) is -0.0930. The minimum Gasteiger partial charge on any atom is -0.497 e. The SMILES string of the molecule is COc1ccc(OC)c(-n2cc(CN[C@@H]3C[C@H]3c3ccc(F)c(F)c3)nn2)c1. The van der Waals surface area contributed by atoms with Gasteiger partial charge in [-0.1, -0.05) is 11.3 Å². The molecule has 8 heteroatoms. The monoisotopic (exact) mass is 386 g/mol. The predicted octanol–water partition coefficient (Wildman–Crippen LogP) is 3.21. The second-order valence-electron chi connectivity index (χ2n) is 6.70. The average Bonchev–Trinajstić information content (AvgIpc) is 3.34. The van der Waals surface area contributed by atoms with Crippen LogP contribution in [0.3, 0.4) is 0 Å². The first-order chi connectivity index (χ1) is 13.6. The van der Waals surface area contributed by atoms with E-state index in [0.717, 1.165) is 23.4 Å². The van der Waals surface area contributed by atoms with Crippen LogP contribution in [0.15, 0.2) is 42.6 Å². The molecule has 146 valence electrons. The van der Waals surface area contributed by atoms with Gasteiger partial charge in [0.1, 0.15) is 17.2 Å². The van der Waals surface area contributed by atoms with Crippen LogP contribution >= 0.6 is 0 Å². The van der Waals surface area contributed by atoms with Crippen molar-refractivity contribution in [1.29, 1.82) is 0 Å². The fourth-order valence-corrected chi connectivity index (χ4v) is 3.24. The molecule has 3 aromatic rings. The standard InChI is InChI=1S/C20H20F2N4O2/c1-27-14-4-6-20(28-2)19(8-14)26-11-13(24-25-26)10-23-18-9-15(18)12-3-5-16(21)17(22)7-12/h3-8,11,15,18,23H,9-10H2,1-2H3/t15-,18+/m0/s1. The highest BCUT2D eigenvalue weighted by molar-refractivity contribution is 5.50. The first-order valence-electron chi connectivity index (χ1n) is 8.91. The molecule has 0 unspecified atom stereocenters. The number of aromatic nitrogens is 3. The van der Waals surface area contributed by atoms with Gasteiger partial charge in [-0.2, -0.15) is 0 Å². The maximum Gasteiger partial charge on any atom is 0.159 e. The molecule has 0 bridgehead atoms. The molecule has 0 saturated heterocycles. The Kier molecular flexibility index (Phi) is 4.95. The first-order valence-corrected chi connectivity index (χ1v) is 8.91. The van der Waals surface area contributed by atoms with Crippen molar-refractivity contribution < 1.29 is 18.3 Å². The Morgan fingerprint density at radius 2 is 1.96 bits per heavy atom. The van der Waals surface area contributed by atoms with Crippen LogP contribution in [-0.2, 0) is 6.54 Å². The van der Waals surface area contributed by atoms with Crippen LogP contribution in [0.25, 0.3) is 5.69 Å². The second-order valence-corrected chi connectivity index (χ2v) is 6.70. The fraction of sp³-hybridized carbons (Fsp3) is 0.300. The van der Waals surface area contributed by atoms with Gasteiger partial charge in [-0.15, -0.1) is 5.10 Å². The van der Waals surface area contributed by atoms with Gasteiger partial charge in [0.25, 0.3) is 0 Å². The summed E-state index contributed by atoms with van der Waals surface area (Å²) in [6.07, 6.45) is 2.70. The summed E-state index contributed by atoms with van der Waals surface area (Å²) < 4.78 is 38.7. The molecule has 1 aliphatic rings. The lowest BCUT2D eigenvalue weighted by molar-refractivity contribution is 0.400. The maximum absolute atomic E-state index is 13.4. The quantitative estimate of drug-likeness (QED) is 0.676. The number of nitrogens with one attached hydrogen (secondary N) is 1. The van der Waals surface area contributed by atoms with Crippen LogP contribution in [0, 0.1) is 11.6 Å². The largest absolute Gasteiger partial charge is 0.497 e. The van der Waals surface area contributed by atoms with Gasteiger partial charge in [-0.25, -0.2) is 13.5 Å². The lowest BCUT2D eigenvalue weighted by Crippen LogP contribution is -2.17. The summed E-state index contributed by atoms with van der Waals surface area (Å²) in [6, 6.07) is 9.74. The maximum atomic E-state index is 13.4. The zero-order valence-electron chi connectivity index (χ0n) is 15.5. The molecule has 1 N–H and O–H groups in total. The zero-order chi connectivity index (χ0) is 19.7. The topological polar surface area (TPSA) is 61.2 Å². The van der Waals surface area contributed by atoms with Crippen molar-refractivity contribution in [2.75, 3.05) is 14.2 Å². The van der Waals surface area contributed by atoms with Gasteiger partial charge in [0, 0.05) is 24.6 Å². The molecular formula is C20H20F2N4O2. The zero-order valence-corrected chi connectivity index (χ0v) is 15.5. The van der Waals surface area contributed by atoms with Crippen LogP contribution in [-0.4, -0.2) is 35.3 Å². The molecule has 1 saturated carbocycles. The summed E-state index contributed by atoms with van der Waals surface area (Å²) in [5, 5.41) is 11.7. The molecule has 0 radical (unpaired) electrons. The van der Waals surface area contributed by atoms with Crippen molar-refractivity contribution in [2.45, 2.75) is 24.9 Å². The van der Waals surface area contributed by atoms with Gasteiger partial charge >= 0.3 is 0 Å². The average molecular weight is 386 g/mol. The van der Waals surface area contributed by atoms with Crippen LogP contribution in [0.5, 0.6) is 11.5 Å². The highest BCUT2D eigenvalue weighted by Gasteiger charge is 2.38. The lowest BCUT2D eigenvalue weighted by Gasteiger charge is -2.09. The molecular weight excluding hydrogens is 366 g/mol. The van der Waals surface area contributed by atoms with Crippen molar-refractivity contribution in [2.24, 2.45) is 0 Å². The van der Waals surface area contributed by atoms with E-state index in [-0.39, 0.29) is 12.0 Å². The minimum atomic E-state index is -0.821. The Morgan fingerprint density at radius 1 is 1.11 bits per heavy atom. The number of nitrogens with zero attached hydrogens (tertiary/aromatic N) is 3. The number of methoxy groups -OCH3 is 2. The Balaban J connectivity index is 1.40. The van der Waals surface area contributed by atoms with Crippen LogP contribution in [0.4, 0.5) is 8.78 Å². The molecule has 0 spiro atoms. The van der Waals surface area contributed by atoms with Crippen molar-refractivity contribution in [3.8, 4) is 17.2 Å². The highest BCUT2D eigenvalue weighted by atomic mass is 19.2. The molecule has 2 atom stereocenters. The molecule has 28 heavy (non-hydrogen) atoms. The Morgan fingerprint density at radius 3 is 2.71 bits per heavy atom. The number of halogens is 2.